The minimum absolute atomic E-state index is 0.108. The minimum Gasteiger partial charge on any atom is -0.362 e. The van der Waals surface area contributed by atoms with Crippen molar-refractivity contribution in [2.45, 2.75) is 13.3 Å². The summed E-state index contributed by atoms with van der Waals surface area (Å²) in [6.07, 6.45) is 0.976. The molecule has 0 atom stereocenters. The molecule has 126 valence electrons. The molecule has 0 spiro atoms. The Morgan fingerprint density at radius 1 is 1.20 bits per heavy atom. The van der Waals surface area contributed by atoms with Gasteiger partial charge in [-0.05, 0) is 25.0 Å². The summed E-state index contributed by atoms with van der Waals surface area (Å²) in [5, 5.41) is 6.82. The number of carbonyl (C=O) groups excluding carboxylic acids is 1. The Labute approximate surface area is 146 Å². The van der Waals surface area contributed by atoms with Crippen LogP contribution in [0.4, 0.5) is 11.6 Å². The number of aromatic nitrogens is 1. The highest BCUT2D eigenvalue weighted by Crippen LogP contribution is 2.27. The lowest BCUT2D eigenvalue weighted by Gasteiger charge is -2.18. The first-order chi connectivity index (χ1) is 12.2. The van der Waals surface area contributed by atoms with Crippen LogP contribution in [0, 0.1) is 6.92 Å². The second-order valence-corrected chi connectivity index (χ2v) is 6.29. The topological polar surface area (TPSA) is 58.4 Å². The van der Waals surface area contributed by atoms with Crippen LogP contribution in [-0.2, 0) is 11.2 Å². The number of para-hydroxylation sites is 1. The summed E-state index contributed by atoms with van der Waals surface area (Å²) in [5.41, 5.74) is 5.28. The summed E-state index contributed by atoms with van der Waals surface area (Å²) in [6, 6.07) is 18.0. The Morgan fingerprint density at radius 2 is 2.00 bits per heavy atom. The van der Waals surface area contributed by atoms with Gasteiger partial charge >= 0.3 is 0 Å². The summed E-state index contributed by atoms with van der Waals surface area (Å²) in [7, 11) is 0. The summed E-state index contributed by atoms with van der Waals surface area (Å²) in [6.45, 7) is 3.20. The first-order valence-electron chi connectivity index (χ1n) is 8.35. The molecule has 0 fully saturated rings. The van der Waals surface area contributed by atoms with Crippen molar-refractivity contribution >= 4 is 17.5 Å². The molecule has 4 rings (SSSR count). The van der Waals surface area contributed by atoms with Gasteiger partial charge in [0.1, 0.15) is 5.69 Å². The van der Waals surface area contributed by atoms with Crippen LogP contribution in [0.15, 0.2) is 59.1 Å². The quantitative estimate of drug-likeness (QED) is 0.792. The molecule has 0 saturated heterocycles. The molecule has 25 heavy (non-hydrogen) atoms. The fourth-order valence-corrected chi connectivity index (χ4v) is 3.12. The van der Waals surface area contributed by atoms with Crippen LogP contribution in [-0.4, -0.2) is 24.2 Å². The third-order valence-corrected chi connectivity index (χ3v) is 4.44. The Kier molecular flexibility index (Phi) is 3.98. The molecule has 0 saturated carbocycles. The predicted molar refractivity (Wildman–Crippen MR) is 97.7 cm³/mol. The van der Waals surface area contributed by atoms with Crippen LogP contribution >= 0.6 is 0 Å². The van der Waals surface area contributed by atoms with Gasteiger partial charge < -0.3 is 9.42 Å². The minimum atomic E-state index is -0.108. The first-order valence-corrected chi connectivity index (χ1v) is 8.35. The van der Waals surface area contributed by atoms with Crippen molar-refractivity contribution < 1.29 is 9.32 Å². The average Bonchev–Trinajstić information content (AvgIpc) is 3.23. The Balaban J connectivity index is 1.41. The molecule has 1 amide bonds. The molecule has 5 nitrogen and oxygen atoms in total. The van der Waals surface area contributed by atoms with E-state index in [9.17, 15) is 4.79 Å². The molecule has 2 aromatic carbocycles. The van der Waals surface area contributed by atoms with E-state index in [4.69, 9.17) is 4.52 Å². The van der Waals surface area contributed by atoms with E-state index in [1.165, 1.54) is 11.1 Å². The Bertz CT molecular complexity index is 899. The van der Waals surface area contributed by atoms with Crippen LogP contribution in [0.25, 0.3) is 11.3 Å². The maximum atomic E-state index is 12.3. The number of nitrogens with zero attached hydrogens (tertiary/aromatic N) is 2. The first kappa shape index (κ1) is 15.4. The van der Waals surface area contributed by atoms with Gasteiger partial charge in [-0.1, -0.05) is 53.2 Å². The lowest BCUT2D eigenvalue weighted by molar-refractivity contribution is -0.115. The molecule has 0 aliphatic carbocycles. The summed E-state index contributed by atoms with van der Waals surface area (Å²) in [4.78, 5) is 14.4. The van der Waals surface area contributed by atoms with E-state index in [1.807, 2.05) is 43.3 Å². The molecule has 1 aromatic heterocycles. The molecule has 0 bridgehead atoms. The molecular weight excluding hydrogens is 314 g/mol. The van der Waals surface area contributed by atoms with Crippen molar-refractivity contribution in [1.82, 2.24) is 5.16 Å². The number of rotatable bonds is 4. The number of anilines is 2. The SMILES string of the molecule is Cc1ccc(-c2cc(NC(=O)CN3CCc4ccccc43)on2)cc1. The summed E-state index contributed by atoms with van der Waals surface area (Å²) in [5.74, 6) is 0.261. The number of aryl methyl sites for hydroxylation is 1. The second kappa shape index (κ2) is 6.43. The fraction of sp³-hybridized carbons (Fsp3) is 0.200. The highest BCUT2D eigenvalue weighted by atomic mass is 16.5. The average molecular weight is 333 g/mol. The predicted octanol–water partition coefficient (Wildman–Crippen LogP) is 3.65. The van der Waals surface area contributed by atoms with Gasteiger partial charge in [-0.3, -0.25) is 10.1 Å². The van der Waals surface area contributed by atoms with Crippen molar-refractivity contribution in [2.75, 3.05) is 23.3 Å². The molecule has 1 aliphatic rings. The van der Waals surface area contributed by atoms with Gasteiger partial charge in [-0.25, -0.2) is 0 Å². The van der Waals surface area contributed by atoms with Crippen LogP contribution in [0.3, 0.4) is 0 Å². The Morgan fingerprint density at radius 3 is 2.84 bits per heavy atom. The van der Waals surface area contributed by atoms with E-state index in [0.29, 0.717) is 18.1 Å². The van der Waals surface area contributed by atoms with E-state index >= 15 is 0 Å². The largest absolute Gasteiger partial charge is 0.362 e. The zero-order valence-electron chi connectivity index (χ0n) is 14.0. The molecule has 3 aromatic rings. The van der Waals surface area contributed by atoms with E-state index < -0.39 is 0 Å². The molecule has 0 radical (unpaired) electrons. The number of carbonyl (C=O) groups is 1. The van der Waals surface area contributed by atoms with E-state index in [1.54, 1.807) is 6.07 Å². The number of fused-ring (bicyclic) bond motifs is 1. The monoisotopic (exact) mass is 333 g/mol. The van der Waals surface area contributed by atoms with Crippen LogP contribution < -0.4 is 10.2 Å². The van der Waals surface area contributed by atoms with Gasteiger partial charge in [0.2, 0.25) is 11.8 Å². The van der Waals surface area contributed by atoms with Gasteiger partial charge in [0.25, 0.3) is 0 Å². The smallest absolute Gasteiger partial charge is 0.246 e. The van der Waals surface area contributed by atoms with E-state index in [2.05, 4.69) is 27.5 Å². The summed E-state index contributed by atoms with van der Waals surface area (Å²) >= 11 is 0. The van der Waals surface area contributed by atoms with Crippen molar-refractivity contribution in [3.05, 3.63) is 65.7 Å². The zero-order chi connectivity index (χ0) is 17.2. The third-order valence-electron chi connectivity index (χ3n) is 4.44. The number of nitrogens with one attached hydrogen (secondary N) is 1. The van der Waals surface area contributed by atoms with Crippen molar-refractivity contribution in [1.29, 1.82) is 0 Å². The highest BCUT2D eigenvalue weighted by molar-refractivity contribution is 5.93. The lowest BCUT2D eigenvalue weighted by atomic mass is 10.1. The van der Waals surface area contributed by atoms with Crippen molar-refractivity contribution in [2.24, 2.45) is 0 Å². The Hall–Kier alpha value is -3.08. The molecule has 5 heteroatoms. The van der Waals surface area contributed by atoms with Crippen molar-refractivity contribution in [3.63, 3.8) is 0 Å². The number of benzene rings is 2. The van der Waals surface area contributed by atoms with Crippen LogP contribution in [0.5, 0.6) is 0 Å². The zero-order valence-corrected chi connectivity index (χ0v) is 14.0. The van der Waals surface area contributed by atoms with E-state index in [0.717, 1.165) is 24.2 Å². The maximum Gasteiger partial charge on any atom is 0.246 e. The van der Waals surface area contributed by atoms with Gasteiger partial charge in [0.05, 0.1) is 6.54 Å². The number of hydrogen-bond donors (Lipinski definition) is 1. The number of hydrogen-bond acceptors (Lipinski definition) is 4. The normalized spacial score (nSPS) is 12.9. The van der Waals surface area contributed by atoms with E-state index in [-0.39, 0.29) is 5.91 Å². The fourth-order valence-electron chi connectivity index (χ4n) is 3.12. The van der Waals surface area contributed by atoms with Gasteiger partial charge in [0, 0.05) is 23.9 Å². The standard InChI is InChI=1S/C20H19N3O2/c1-14-6-8-15(9-7-14)17-12-20(25-22-17)21-19(24)13-23-11-10-16-4-2-3-5-18(16)23/h2-9,12H,10-11,13H2,1H3,(H,21,24). The second-order valence-electron chi connectivity index (χ2n) is 6.29. The van der Waals surface area contributed by atoms with Gasteiger partial charge in [-0.2, -0.15) is 0 Å². The molecular formula is C20H19N3O2. The molecule has 1 aliphatic heterocycles. The maximum absolute atomic E-state index is 12.3. The number of amides is 1. The molecule has 2 heterocycles. The lowest BCUT2D eigenvalue weighted by Crippen LogP contribution is -2.31. The van der Waals surface area contributed by atoms with Gasteiger partial charge in [-0.15, -0.1) is 0 Å². The highest BCUT2D eigenvalue weighted by Gasteiger charge is 2.21. The molecule has 0 unspecified atom stereocenters. The summed E-state index contributed by atoms with van der Waals surface area (Å²) < 4.78 is 5.25. The van der Waals surface area contributed by atoms with Gasteiger partial charge in [0.15, 0.2) is 0 Å². The van der Waals surface area contributed by atoms with Crippen LogP contribution in [0.1, 0.15) is 11.1 Å². The molecule has 1 N–H and O–H groups in total. The van der Waals surface area contributed by atoms with Crippen molar-refractivity contribution in [3.8, 4) is 11.3 Å². The van der Waals surface area contributed by atoms with Crippen LogP contribution in [0.2, 0.25) is 0 Å². The third kappa shape index (κ3) is 3.26.